The van der Waals surface area contributed by atoms with Gasteiger partial charge in [0, 0.05) is 6.61 Å². The molecule has 0 radical (unpaired) electrons. The van der Waals surface area contributed by atoms with Gasteiger partial charge in [-0.25, -0.2) is 4.79 Å². The lowest BCUT2D eigenvalue weighted by Gasteiger charge is -2.08. The summed E-state index contributed by atoms with van der Waals surface area (Å²) in [7, 11) is 0. The summed E-state index contributed by atoms with van der Waals surface area (Å²) in [4.78, 5) is 10.9. The van der Waals surface area contributed by atoms with Gasteiger partial charge in [0.1, 0.15) is 0 Å². The summed E-state index contributed by atoms with van der Waals surface area (Å²) in [5.74, 6) is -0.504. The van der Waals surface area contributed by atoms with Crippen LogP contribution in [0.5, 0.6) is 0 Å². The largest absolute Gasteiger partial charge is 0.463 e. The maximum absolute atomic E-state index is 10.9. The molecule has 0 spiro atoms. The fourth-order valence-corrected chi connectivity index (χ4v) is 0.759. The van der Waals surface area contributed by atoms with E-state index in [1.165, 1.54) is 0 Å². The third-order valence-electron chi connectivity index (χ3n) is 1.23. The molecule has 0 aliphatic rings. The number of ether oxygens (including phenoxy) is 2. The first-order valence-corrected chi connectivity index (χ1v) is 4.58. The van der Waals surface area contributed by atoms with E-state index in [2.05, 4.69) is 4.74 Å². The second-order valence-electron chi connectivity index (χ2n) is 2.29. The Morgan fingerprint density at radius 3 is 2.67 bits per heavy atom. The second kappa shape index (κ2) is 7.37. The first-order valence-electron chi connectivity index (χ1n) is 4.14. The van der Waals surface area contributed by atoms with Crippen LogP contribution in [0.15, 0.2) is 0 Å². The summed E-state index contributed by atoms with van der Waals surface area (Å²) in [6.45, 7) is 4.60. The van der Waals surface area contributed by atoms with Crippen LogP contribution in [0.1, 0.15) is 26.7 Å². The molecule has 1 atom stereocenters. The van der Waals surface area contributed by atoms with Crippen LogP contribution in [0.4, 0.5) is 0 Å². The second-order valence-corrected chi connectivity index (χ2v) is 2.69. The Morgan fingerprint density at radius 2 is 2.17 bits per heavy atom. The van der Waals surface area contributed by atoms with E-state index in [-0.39, 0.29) is 0 Å². The molecule has 0 aromatic rings. The third kappa shape index (κ3) is 5.38. The van der Waals surface area contributed by atoms with Crippen LogP contribution in [0.3, 0.4) is 0 Å². The Bertz CT molecular complexity index is 127. The predicted octanol–water partition coefficient (Wildman–Crippen LogP) is 1.93. The highest BCUT2D eigenvalue weighted by atomic mass is 35.5. The monoisotopic (exact) mass is 194 g/mol. The van der Waals surface area contributed by atoms with Crippen molar-refractivity contribution in [1.82, 2.24) is 0 Å². The van der Waals surface area contributed by atoms with Gasteiger partial charge in [-0.2, -0.15) is 0 Å². The number of hydrogen-bond donors (Lipinski definition) is 0. The van der Waals surface area contributed by atoms with Crippen molar-refractivity contribution in [3.63, 3.8) is 0 Å². The smallest absolute Gasteiger partial charge is 0.350 e. The van der Waals surface area contributed by atoms with Gasteiger partial charge in [0.25, 0.3) is 0 Å². The Balaban J connectivity index is 3.42. The molecular formula is C8H15ClO3. The first kappa shape index (κ1) is 11.7. The number of carbonyl (C=O) groups excluding carboxylic acids is 1. The molecule has 4 heteroatoms. The topological polar surface area (TPSA) is 35.5 Å². The van der Waals surface area contributed by atoms with E-state index in [9.17, 15) is 4.79 Å². The average Bonchev–Trinajstić information content (AvgIpc) is 2.05. The molecule has 1 unspecified atom stereocenters. The quantitative estimate of drug-likeness (QED) is 0.368. The van der Waals surface area contributed by atoms with Crippen LogP contribution in [0, 0.1) is 0 Å². The van der Waals surface area contributed by atoms with Crippen LogP contribution in [-0.2, 0) is 14.3 Å². The molecule has 0 aliphatic heterocycles. The Kier molecular flexibility index (Phi) is 7.20. The normalized spacial score (nSPS) is 12.6. The van der Waals surface area contributed by atoms with Gasteiger partial charge in [0.2, 0.25) is 5.56 Å². The lowest BCUT2D eigenvalue weighted by atomic mass is 10.4. The van der Waals surface area contributed by atoms with Crippen molar-refractivity contribution in [1.29, 1.82) is 0 Å². The summed E-state index contributed by atoms with van der Waals surface area (Å²) >= 11 is 5.55. The van der Waals surface area contributed by atoms with Crippen molar-refractivity contribution >= 4 is 17.6 Å². The minimum absolute atomic E-state index is 0.333. The highest BCUT2D eigenvalue weighted by Gasteiger charge is 2.15. The molecule has 0 rings (SSSR count). The van der Waals surface area contributed by atoms with E-state index in [4.69, 9.17) is 16.3 Å². The summed E-state index contributed by atoms with van der Waals surface area (Å²) in [6.07, 6.45) is 1.93. The van der Waals surface area contributed by atoms with Crippen LogP contribution in [0.2, 0.25) is 0 Å². The van der Waals surface area contributed by atoms with E-state index < -0.39 is 11.5 Å². The molecule has 0 fully saturated rings. The number of rotatable bonds is 6. The molecule has 0 aromatic heterocycles. The van der Waals surface area contributed by atoms with Crippen molar-refractivity contribution in [2.24, 2.45) is 0 Å². The van der Waals surface area contributed by atoms with Crippen LogP contribution >= 0.6 is 11.6 Å². The molecule has 0 aromatic carbocycles. The average molecular weight is 195 g/mol. The lowest BCUT2D eigenvalue weighted by molar-refractivity contribution is -0.151. The summed E-state index contributed by atoms with van der Waals surface area (Å²) in [5, 5.41) is 0. The zero-order valence-corrected chi connectivity index (χ0v) is 8.26. The Hall–Kier alpha value is -0.280. The number of carbonyl (C=O) groups is 1. The van der Waals surface area contributed by atoms with Gasteiger partial charge in [-0.15, -0.1) is 0 Å². The van der Waals surface area contributed by atoms with Crippen molar-refractivity contribution in [3.05, 3.63) is 0 Å². The van der Waals surface area contributed by atoms with Crippen molar-refractivity contribution < 1.29 is 14.3 Å². The molecule has 0 bridgehead atoms. The molecule has 0 saturated heterocycles. The summed E-state index contributed by atoms with van der Waals surface area (Å²) in [6, 6.07) is 0. The van der Waals surface area contributed by atoms with Gasteiger partial charge in [0.15, 0.2) is 0 Å². The zero-order chi connectivity index (χ0) is 9.40. The molecule has 0 aliphatic carbocycles. The van der Waals surface area contributed by atoms with E-state index >= 15 is 0 Å². The summed E-state index contributed by atoms with van der Waals surface area (Å²) in [5.41, 5.74) is -0.948. The SMILES string of the molecule is CCCCOC(Cl)C(=O)OCC. The van der Waals surface area contributed by atoms with Crippen molar-refractivity contribution in [2.45, 2.75) is 32.3 Å². The van der Waals surface area contributed by atoms with Crippen LogP contribution in [-0.4, -0.2) is 24.7 Å². The fraction of sp³-hybridized carbons (Fsp3) is 0.875. The number of hydrogen-bond acceptors (Lipinski definition) is 3. The van der Waals surface area contributed by atoms with E-state index in [1.807, 2.05) is 6.92 Å². The minimum atomic E-state index is -0.948. The van der Waals surface area contributed by atoms with Crippen LogP contribution in [0.25, 0.3) is 0 Å². The predicted molar refractivity (Wildman–Crippen MR) is 47.1 cm³/mol. The zero-order valence-electron chi connectivity index (χ0n) is 7.51. The molecule has 72 valence electrons. The van der Waals surface area contributed by atoms with Gasteiger partial charge >= 0.3 is 5.97 Å². The number of esters is 1. The number of alkyl halides is 1. The maximum Gasteiger partial charge on any atom is 0.350 e. The maximum atomic E-state index is 10.9. The third-order valence-corrected chi connectivity index (χ3v) is 1.54. The van der Waals surface area contributed by atoms with E-state index in [0.29, 0.717) is 13.2 Å². The van der Waals surface area contributed by atoms with Crippen LogP contribution < -0.4 is 0 Å². The minimum Gasteiger partial charge on any atom is -0.463 e. The number of halogens is 1. The Morgan fingerprint density at radius 1 is 1.50 bits per heavy atom. The molecule has 3 nitrogen and oxygen atoms in total. The molecule has 0 N–H and O–H groups in total. The molecular weight excluding hydrogens is 180 g/mol. The van der Waals surface area contributed by atoms with Gasteiger partial charge in [-0.1, -0.05) is 24.9 Å². The highest BCUT2D eigenvalue weighted by molar-refractivity contribution is 6.28. The van der Waals surface area contributed by atoms with Crippen molar-refractivity contribution in [3.8, 4) is 0 Å². The standard InChI is InChI=1S/C8H15ClO3/c1-3-5-6-12-7(9)8(10)11-4-2/h7H,3-6H2,1-2H3. The van der Waals surface area contributed by atoms with Gasteiger partial charge in [0.05, 0.1) is 6.61 Å². The first-order chi connectivity index (χ1) is 5.72. The van der Waals surface area contributed by atoms with Crippen molar-refractivity contribution in [2.75, 3.05) is 13.2 Å². The summed E-state index contributed by atoms with van der Waals surface area (Å²) < 4.78 is 9.63. The molecule has 0 saturated carbocycles. The number of unbranched alkanes of at least 4 members (excludes halogenated alkanes) is 1. The van der Waals surface area contributed by atoms with E-state index in [1.54, 1.807) is 6.92 Å². The Labute approximate surface area is 78.0 Å². The van der Waals surface area contributed by atoms with E-state index in [0.717, 1.165) is 12.8 Å². The van der Waals surface area contributed by atoms with Gasteiger partial charge in [-0.3, -0.25) is 0 Å². The van der Waals surface area contributed by atoms with Gasteiger partial charge < -0.3 is 9.47 Å². The molecule has 12 heavy (non-hydrogen) atoms. The molecule has 0 heterocycles. The fourth-order valence-electron chi connectivity index (χ4n) is 0.607. The molecule has 0 amide bonds. The lowest BCUT2D eigenvalue weighted by Crippen LogP contribution is -2.21. The van der Waals surface area contributed by atoms with Gasteiger partial charge in [-0.05, 0) is 13.3 Å². The highest BCUT2D eigenvalue weighted by Crippen LogP contribution is 2.02.